The standard InChI is InChI=1S/C20H24N6O2/c1-25(2)20-24-23-19(28-20)16-5-4-14-12-21-15(10-17(14)22-16)11-18(27)13-6-8-26(3)9-7-13/h4-5,10,12-13H,6-9,11H2,1-3H3. The van der Waals surface area contributed by atoms with E-state index in [9.17, 15) is 4.79 Å². The Morgan fingerprint density at radius 1 is 1.25 bits per heavy atom. The largest absolute Gasteiger partial charge is 0.402 e. The van der Waals surface area contributed by atoms with E-state index in [0.717, 1.165) is 42.5 Å². The van der Waals surface area contributed by atoms with Crippen LogP contribution < -0.4 is 4.90 Å². The van der Waals surface area contributed by atoms with Crippen molar-refractivity contribution in [1.82, 2.24) is 25.1 Å². The minimum atomic E-state index is 0.135. The first kappa shape index (κ1) is 18.5. The van der Waals surface area contributed by atoms with E-state index in [4.69, 9.17) is 4.42 Å². The van der Waals surface area contributed by atoms with Gasteiger partial charge >= 0.3 is 6.01 Å². The van der Waals surface area contributed by atoms with E-state index in [1.165, 1.54) is 0 Å². The van der Waals surface area contributed by atoms with Crippen molar-refractivity contribution in [2.24, 2.45) is 5.92 Å². The highest BCUT2D eigenvalue weighted by Crippen LogP contribution is 2.23. The molecule has 1 aliphatic heterocycles. The molecule has 1 aliphatic rings. The molecule has 3 aromatic rings. The van der Waals surface area contributed by atoms with Crippen LogP contribution in [0.1, 0.15) is 18.5 Å². The monoisotopic (exact) mass is 380 g/mol. The zero-order valence-electron chi connectivity index (χ0n) is 16.4. The lowest BCUT2D eigenvalue weighted by atomic mass is 9.90. The van der Waals surface area contributed by atoms with E-state index in [0.29, 0.717) is 24.0 Å². The van der Waals surface area contributed by atoms with Gasteiger partial charge in [-0.1, -0.05) is 5.10 Å². The van der Waals surface area contributed by atoms with E-state index < -0.39 is 0 Å². The molecule has 3 aromatic heterocycles. The summed E-state index contributed by atoms with van der Waals surface area (Å²) in [5.74, 6) is 0.769. The third-order valence-electron chi connectivity index (χ3n) is 5.18. The number of rotatable bonds is 5. The molecule has 0 radical (unpaired) electrons. The predicted octanol–water partition coefficient (Wildman–Crippen LogP) is 2.20. The molecule has 0 N–H and O–H groups in total. The lowest BCUT2D eigenvalue weighted by Gasteiger charge is -2.27. The number of hydrogen-bond donors (Lipinski definition) is 0. The van der Waals surface area contributed by atoms with Crippen LogP contribution in [0.4, 0.5) is 6.01 Å². The summed E-state index contributed by atoms with van der Waals surface area (Å²) in [5.41, 5.74) is 2.12. The molecular formula is C20H24N6O2. The van der Waals surface area contributed by atoms with Crippen LogP contribution in [0.3, 0.4) is 0 Å². The van der Waals surface area contributed by atoms with Crippen molar-refractivity contribution in [2.75, 3.05) is 39.1 Å². The topological polar surface area (TPSA) is 88.3 Å². The predicted molar refractivity (Wildman–Crippen MR) is 106 cm³/mol. The molecule has 0 saturated carbocycles. The average molecular weight is 380 g/mol. The lowest BCUT2D eigenvalue weighted by Crippen LogP contribution is -2.34. The van der Waals surface area contributed by atoms with Crippen molar-refractivity contribution >= 4 is 22.7 Å². The minimum absolute atomic E-state index is 0.135. The summed E-state index contributed by atoms with van der Waals surface area (Å²) < 4.78 is 5.63. The zero-order valence-corrected chi connectivity index (χ0v) is 16.4. The molecule has 0 bridgehead atoms. The van der Waals surface area contributed by atoms with Crippen LogP contribution in [0.25, 0.3) is 22.5 Å². The molecule has 0 atom stereocenters. The van der Waals surface area contributed by atoms with Gasteiger partial charge in [0.1, 0.15) is 11.5 Å². The maximum absolute atomic E-state index is 12.6. The first-order valence-electron chi connectivity index (χ1n) is 9.48. The van der Waals surface area contributed by atoms with Crippen LogP contribution in [0.5, 0.6) is 0 Å². The molecule has 146 valence electrons. The highest BCUT2D eigenvalue weighted by atomic mass is 16.4. The zero-order chi connectivity index (χ0) is 19.7. The van der Waals surface area contributed by atoms with Gasteiger partial charge in [-0.05, 0) is 51.2 Å². The lowest BCUT2D eigenvalue weighted by molar-refractivity contribution is -0.123. The molecule has 0 spiro atoms. The van der Waals surface area contributed by atoms with Gasteiger partial charge in [0.25, 0.3) is 5.89 Å². The highest BCUT2D eigenvalue weighted by molar-refractivity contribution is 5.85. The maximum atomic E-state index is 12.6. The number of ketones is 1. The number of piperidine rings is 1. The molecule has 8 heteroatoms. The van der Waals surface area contributed by atoms with Gasteiger partial charge in [0.15, 0.2) is 0 Å². The highest BCUT2D eigenvalue weighted by Gasteiger charge is 2.23. The van der Waals surface area contributed by atoms with Crippen molar-refractivity contribution < 1.29 is 9.21 Å². The second-order valence-electron chi connectivity index (χ2n) is 7.57. The molecule has 0 aromatic carbocycles. The van der Waals surface area contributed by atoms with Gasteiger partial charge in [0, 0.05) is 43.7 Å². The third kappa shape index (κ3) is 3.87. The first-order chi connectivity index (χ1) is 13.5. The fraction of sp³-hybridized carbons (Fsp3) is 0.450. The molecule has 4 heterocycles. The molecule has 0 aliphatic carbocycles. The van der Waals surface area contributed by atoms with Gasteiger partial charge in [-0.2, -0.15) is 0 Å². The molecule has 0 unspecified atom stereocenters. The summed E-state index contributed by atoms with van der Waals surface area (Å²) >= 11 is 0. The Labute approximate surface area is 163 Å². The van der Waals surface area contributed by atoms with Crippen molar-refractivity contribution in [3.05, 3.63) is 30.1 Å². The van der Waals surface area contributed by atoms with Gasteiger partial charge in [-0.3, -0.25) is 9.78 Å². The van der Waals surface area contributed by atoms with Gasteiger partial charge in [-0.15, -0.1) is 5.10 Å². The second-order valence-corrected chi connectivity index (χ2v) is 7.57. The number of aromatic nitrogens is 4. The number of fused-ring (bicyclic) bond motifs is 1. The number of likely N-dealkylation sites (tertiary alicyclic amines) is 1. The Kier molecular flexibility index (Phi) is 5.04. The van der Waals surface area contributed by atoms with Gasteiger partial charge in [0.2, 0.25) is 0 Å². The Morgan fingerprint density at radius 3 is 2.75 bits per heavy atom. The van der Waals surface area contributed by atoms with Crippen molar-refractivity contribution in [2.45, 2.75) is 19.3 Å². The minimum Gasteiger partial charge on any atom is -0.402 e. The van der Waals surface area contributed by atoms with Crippen LogP contribution in [0.2, 0.25) is 0 Å². The number of anilines is 1. The number of hydrogen-bond acceptors (Lipinski definition) is 8. The Morgan fingerprint density at radius 2 is 2.04 bits per heavy atom. The summed E-state index contributed by atoms with van der Waals surface area (Å²) in [6.45, 7) is 1.96. The van der Waals surface area contributed by atoms with E-state index >= 15 is 0 Å². The normalized spacial score (nSPS) is 15.8. The molecule has 8 nitrogen and oxygen atoms in total. The number of nitrogens with zero attached hydrogens (tertiary/aromatic N) is 6. The Hall–Kier alpha value is -2.87. The summed E-state index contributed by atoms with van der Waals surface area (Å²) in [6.07, 6.45) is 3.97. The van der Waals surface area contributed by atoms with E-state index in [2.05, 4.69) is 32.1 Å². The quantitative estimate of drug-likeness (QED) is 0.666. The fourth-order valence-corrected chi connectivity index (χ4v) is 3.43. The van der Waals surface area contributed by atoms with Crippen molar-refractivity contribution in [1.29, 1.82) is 0 Å². The second kappa shape index (κ2) is 7.63. The van der Waals surface area contributed by atoms with E-state index in [-0.39, 0.29) is 11.7 Å². The van der Waals surface area contributed by atoms with Crippen molar-refractivity contribution in [3.63, 3.8) is 0 Å². The van der Waals surface area contributed by atoms with Gasteiger partial charge < -0.3 is 14.2 Å². The van der Waals surface area contributed by atoms with Crippen LogP contribution in [0.15, 0.2) is 28.8 Å². The van der Waals surface area contributed by atoms with Gasteiger partial charge in [-0.25, -0.2) is 4.98 Å². The number of pyridine rings is 2. The first-order valence-corrected chi connectivity index (χ1v) is 9.48. The number of carbonyl (C=O) groups excluding carboxylic acids is 1. The summed E-state index contributed by atoms with van der Waals surface area (Å²) in [6, 6.07) is 6.07. The number of Topliss-reactive ketones (excluding diaryl/α,β-unsaturated/α-hetero) is 1. The molecule has 4 rings (SSSR count). The Bertz CT molecular complexity index is 991. The van der Waals surface area contributed by atoms with E-state index in [1.54, 1.807) is 11.1 Å². The van der Waals surface area contributed by atoms with Crippen LogP contribution in [-0.2, 0) is 11.2 Å². The summed E-state index contributed by atoms with van der Waals surface area (Å²) in [7, 11) is 5.77. The van der Waals surface area contributed by atoms with E-state index in [1.807, 2.05) is 32.3 Å². The smallest absolute Gasteiger partial charge is 0.317 e. The van der Waals surface area contributed by atoms with Crippen LogP contribution >= 0.6 is 0 Å². The third-order valence-corrected chi connectivity index (χ3v) is 5.18. The molecule has 0 amide bonds. The number of carbonyl (C=O) groups is 1. The van der Waals surface area contributed by atoms with Crippen LogP contribution in [0, 0.1) is 5.92 Å². The molecule has 28 heavy (non-hydrogen) atoms. The maximum Gasteiger partial charge on any atom is 0.317 e. The molecular weight excluding hydrogens is 356 g/mol. The molecule has 1 saturated heterocycles. The fourth-order valence-electron chi connectivity index (χ4n) is 3.43. The molecule has 1 fully saturated rings. The summed E-state index contributed by atoms with van der Waals surface area (Å²) in [4.78, 5) is 25.8. The average Bonchev–Trinajstić information content (AvgIpc) is 3.18. The van der Waals surface area contributed by atoms with Gasteiger partial charge in [0.05, 0.1) is 5.52 Å². The summed E-state index contributed by atoms with van der Waals surface area (Å²) in [5, 5.41) is 8.96. The van der Waals surface area contributed by atoms with Crippen LogP contribution in [-0.4, -0.2) is 65.1 Å². The SMILES string of the molecule is CN1CCC(C(=O)Cc2cc3nc(-c4nnc(N(C)C)o4)ccc3cn2)CC1. The Balaban J connectivity index is 1.54. The van der Waals surface area contributed by atoms with Crippen molar-refractivity contribution in [3.8, 4) is 11.6 Å².